The lowest BCUT2D eigenvalue weighted by Crippen LogP contribution is -2.43. The van der Waals surface area contributed by atoms with E-state index in [0.29, 0.717) is 12.4 Å². The average Bonchev–Trinajstić information content (AvgIpc) is 3.50. The zero-order valence-corrected chi connectivity index (χ0v) is 20.2. The Hall–Kier alpha value is -3.55. The van der Waals surface area contributed by atoms with Crippen molar-refractivity contribution in [3.63, 3.8) is 0 Å². The van der Waals surface area contributed by atoms with Crippen molar-refractivity contribution in [2.75, 3.05) is 0 Å². The molecule has 0 unspecified atom stereocenters. The molecule has 1 N–H and O–H groups in total. The second-order valence-corrected chi connectivity index (χ2v) is 9.46. The normalized spacial score (nSPS) is 17.1. The standard InChI is InChI=1S/C27H32N6O2/c1-2-3-10-25-28-27(15-5-4-6-16-27)26(34)33(25)18-20-11-13-21(14-12-20)22-8-7-9-23(17-22)35-19-24-29-31-32-30-24/h7-9,11-14,17H,2-6,10,15-16,18-19H2,1H3,(H,29,30,31,32). The fourth-order valence-electron chi connectivity index (χ4n) is 5.02. The molecule has 3 aromatic rings. The number of benzene rings is 2. The first-order valence-corrected chi connectivity index (χ1v) is 12.6. The van der Waals surface area contributed by atoms with E-state index in [1.165, 1.54) is 6.42 Å². The molecule has 35 heavy (non-hydrogen) atoms. The van der Waals surface area contributed by atoms with E-state index >= 15 is 0 Å². The van der Waals surface area contributed by atoms with Gasteiger partial charge in [-0.3, -0.25) is 14.7 Å². The first-order chi connectivity index (χ1) is 17.2. The number of aliphatic imine (C=N–C) groups is 1. The number of aromatic amines is 1. The highest BCUT2D eigenvalue weighted by atomic mass is 16.5. The molecule has 8 heteroatoms. The van der Waals surface area contributed by atoms with E-state index in [-0.39, 0.29) is 12.5 Å². The SMILES string of the molecule is CCCCC1=NC2(CCCCC2)C(=O)N1Cc1ccc(-c2cccc(OCc3nn[nH]n3)c2)cc1. The van der Waals surface area contributed by atoms with Gasteiger partial charge in [-0.25, -0.2) is 0 Å². The summed E-state index contributed by atoms with van der Waals surface area (Å²) < 4.78 is 5.79. The van der Waals surface area contributed by atoms with E-state index in [0.717, 1.165) is 73.2 Å². The molecule has 1 fully saturated rings. The van der Waals surface area contributed by atoms with Crippen LogP contribution in [0.5, 0.6) is 5.75 Å². The summed E-state index contributed by atoms with van der Waals surface area (Å²) in [7, 11) is 0. The first kappa shape index (κ1) is 23.2. The van der Waals surface area contributed by atoms with Crippen LogP contribution < -0.4 is 4.74 Å². The molecular formula is C27H32N6O2. The Balaban J connectivity index is 1.28. The Kier molecular flexibility index (Phi) is 6.88. The third-order valence-electron chi connectivity index (χ3n) is 6.95. The Morgan fingerprint density at radius 2 is 1.89 bits per heavy atom. The van der Waals surface area contributed by atoms with Crippen LogP contribution in [0.4, 0.5) is 0 Å². The lowest BCUT2D eigenvalue weighted by atomic mass is 9.82. The van der Waals surface area contributed by atoms with Crippen LogP contribution in [0.1, 0.15) is 69.7 Å². The highest BCUT2D eigenvalue weighted by Crippen LogP contribution is 2.38. The number of H-pyrrole nitrogens is 1. The number of hydrogen-bond donors (Lipinski definition) is 1. The molecule has 2 heterocycles. The van der Waals surface area contributed by atoms with Gasteiger partial charge < -0.3 is 4.74 Å². The van der Waals surface area contributed by atoms with Crippen LogP contribution in [0.3, 0.4) is 0 Å². The van der Waals surface area contributed by atoms with E-state index in [1.54, 1.807) is 0 Å². The summed E-state index contributed by atoms with van der Waals surface area (Å²) in [5, 5.41) is 13.8. The zero-order valence-electron chi connectivity index (χ0n) is 20.2. The zero-order chi connectivity index (χ0) is 24.1. The quantitative estimate of drug-likeness (QED) is 0.468. The maximum atomic E-state index is 13.5. The number of tetrazole rings is 1. The number of amides is 1. The van der Waals surface area contributed by atoms with Gasteiger partial charge >= 0.3 is 0 Å². The van der Waals surface area contributed by atoms with E-state index in [4.69, 9.17) is 9.73 Å². The molecule has 1 amide bonds. The molecule has 5 rings (SSSR count). The topological polar surface area (TPSA) is 96.4 Å². The smallest absolute Gasteiger partial charge is 0.256 e. The Morgan fingerprint density at radius 3 is 2.63 bits per heavy atom. The van der Waals surface area contributed by atoms with Crippen molar-refractivity contribution in [3.8, 4) is 16.9 Å². The molecule has 1 aliphatic heterocycles. The highest BCUT2D eigenvalue weighted by Gasteiger charge is 2.47. The summed E-state index contributed by atoms with van der Waals surface area (Å²) in [5.41, 5.74) is 2.77. The van der Waals surface area contributed by atoms with Gasteiger partial charge in [-0.05, 0) is 48.1 Å². The Labute approximate surface area is 205 Å². The molecule has 1 spiro atoms. The molecule has 2 aromatic carbocycles. The summed E-state index contributed by atoms with van der Waals surface area (Å²) in [6, 6.07) is 16.4. The van der Waals surface area contributed by atoms with Crippen molar-refractivity contribution >= 4 is 11.7 Å². The molecule has 0 atom stereocenters. The molecule has 182 valence electrons. The predicted octanol–water partition coefficient (Wildman–Crippen LogP) is 5.08. The van der Waals surface area contributed by atoms with Gasteiger partial charge in [-0.15, -0.1) is 10.2 Å². The second-order valence-electron chi connectivity index (χ2n) is 9.46. The van der Waals surface area contributed by atoms with Crippen LogP contribution in [-0.4, -0.2) is 42.8 Å². The number of unbranched alkanes of at least 4 members (excludes halogenated alkanes) is 1. The summed E-state index contributed by atoms with van der Waals surface area (Å²) in [4.78, 5) is 20.5. The second kappa shape index (κ2) is 10.4. The van der Waals surface area contributed by atoms with Crippen LogP contribution in [0.15, 0.2) is 53.5 Å². The van der Waals surface area contributed by atoms with Crippen molar-refractivity contribution in [3.05, 3.63) is 59.9 Å². The fraction of sp³-hybridized carbons (Fsp3) is 0.444. The maximum absolute atomic E-state index is 13.5. The third kappa shape index (κ3) is 5.11. The van der Waals surface area contributed by atoms with Gasteiger partial charge in [0.15, 0.2) is 6.61 Å². The first-order valence-electron chi connectivity index (χ1n) is 12.6. The van der Waals surface area contributed by atoms with Crippen molar-refractivity contribution in [2.45, 2.75) is 77.0 Å². The van der Waals surface area contributed by atoms with Crippen molar-refractivity contribution < 1.29 is 9.53 Å². The van der Waals surface area contributed by atoms with Crippen LogP contribution in [0.2, 0.25) is 0 Å². The van der Waals surface area contributed by atoms with Gasteiger partial charge in [-0.2, -0.15) is 5.21 Å². The van der Waals surface area contributed by atoms with Crippen LogP contribution >= 0.6 is 0 Å². The summed E-state index contributed by atoms with van der Waals surface area (Å²) in [6.07, 6.45) is 8.21. The number of carbonyl (C=O) groups excluding carboxylic acids is 1. The molecule has 1 aliphatic carbocycles. The van der Waals surface area contributed by atoms with Gasteiger partial charge in [0.05, 0.1) is 6.54 Å². The van der Waals surface area contributed by atoms with E-state index < -0.39 is 5.54 Å². The molecule has 0 saturated heterocycles. The fourth-order valence-corrected chi connectivity index (χ4v) is 5.02. The highest BCUT2D eigenvalue weighted by molar-refractivity contribution is 6.08. The van der Waals surface area contributed by atoms with E-state index in [1.807, 2.05) is 23.1 Å². The summed E-state index contributed by atoms with van der Waals surface area (Å²) >= 11 is 0. The van der Waals surface area contributed by atoms with Gasteiger partial charge in [0, 0.05) is 6.42 Å². The largest absolute Gasteiger partial charge is 0.485 e. The summed E-state index contributed by atoms with van der Waals surface area (Å²) in [6.45, 7) is 3.02. The number of ether oxygens (including phenoxy) is 1. The molecular weight excluding hydrogens is 440 g/mol. The predicted molar refractivity (Wildman–Crippen MR) is 134 cm³/mol. The number of nitrogens with zero attached hydrogens (tertiary/aromatic N) is 5. The number of rotatable bonds is 9. The molecule has 0 radical (unpaired) electrons. The minimum absolute atomic E-state index is 0.207. The number of hydrogen-bond acceptors (Lipinski definition) is 6. The molecule has 2 aliphatic rings. The van der Waals surface area contributed by atoms with E-state index in [9.17, 15) is 4.79 Å². The number of carbonyl (C=O) groups is 1. The molecule has 8 nitrogen and oxygen atoms in total. The Morgan fingerprint density at radius 1 is 1.06 bits per heavy atom. The van der Waals surface area contributed by atoms with Crippen molar-refractivity contribution in [1.82, 2.24) is 25.5 Å². The van der Waals surface area contributed by atoms with Gasteiger partial charge in [0.1, 0.15) is 17.1 Å². The van der Waals surface area contributed by atoms with Gasteiger partial charge in [-0.1, -0.05) is 74.2 Å². The summed E-state index contributed by atoms with van der Waals surface area (Å²) in [5.74, 6) is 2.44. The van der Waals surface area contributed by atoms with Crippen LogP contribution in [0.25, 0.3) is 11.1 Å². The van der Waals surface area contributed by atoms with Crippen molar-refractivity contribution in [2.24, 2.45) is 4.99 Å². The van der Waals surface area contributed by atoms with E-state index in [2.05, 4.69) is 57.9 Å². The molecule has 0 bridgehead atoms. The lowest BCUT2D eigenvalue weighted by Gasteiger charge is -2.29. The van der Waals surface area contributed by atoms with Crippen LogP contribution in [0, 0.1) is 0 Å². The molecule has 1 aromatic heterocycles. The minimum atomic E-state index is -0.497. The lowest BCUT2D eigenvalue weighted by molar-refractivity contribution is -0.132. The van der Waals surface area contributed by atoms with Crippen LogP contribution in [-0.2, 0) is 17.9 Å². The van der Waals surface area contributed by atoms with Gasteiger partial charge in [0.2, 0.25) is 5.82 Å². The molecule has 1 saturated carbocycles. The van der Waals surface area contributed by atoms with Crippen molar-refractivity contribution in [1.29, 1.82) is 0 Å². The number of amidine groups is 1. The third-order valence-corrected chi connectivity index (χ3v) is 6.95. The minimum Gasteiger partial charge on any atom is -0.485 e. The monoisotopic (exact) mass is 472 g/mol. The Bertz CT molecular complexity index is 1170. The number of aromatic nitrogens is 4. The maximum Gasteiger partial charge on any atom is 0.256 e. The number of nitrogens with one attached hydrogen (secondary N) is 1. The average molecular weight is 473 g/mol. The van der Waals surface area contributed by atoms with Gasteiger partial charge in [0.25, 0.3) is 5.91 Å².